The maximum absolute atomic E-state index is 12.4. The van der Waals surface area contributed by atoms with Crippen LogP contribution in [0.5, 0.6) is 11.5 Å². The number of ketones is 1. The highest BCUT2D eigenvalue weighted by Crippen LogP contribution is 2.38. The maximum Gasteiger partial charge on any atom is 0.160 e. The van der Waals surface area contributed by atoms with E-state index >= 15 is 0 Å². The van der Waals surface area contributed by atoms with Gasteiger partial charge in [-0.2, -0.15) is 0 Å². The lowest BCUT2D eigenvalue weighted by Gasteiger charge is -2.20. The molecule has 208 valence electrons. The van der Waals surface area contributed by atoms with E-state index in [1.807, 2.05) is 54.9 Å². The summed E-state index contributed by atoms with van der Waals surface area (Å²) in [4.78, 5) is 35.3. The van der Waals surface area contributed by atoms with Crippen LogP contribution in [-0.4, -0.2) is 35.3 Å². The van der Waals surface area contributed by atoms with Crippen LogP contribution in [0.25, 0.3) is 22.1 Å². The minimum atomic E-state index is 0.0200. The topological polar surface area (TPSA) is 108 Å². The van der Waals surface area contributed by atoms with Gasteiger partial charge in [0.2, 0.25) is 0 Å². The minimum absolute atomic E-state index is 0.0200. The molecule has 0 aliphatic heterocycles. The van der Waals surface area contributed by atoms with Crippen molar-refractivity contribution < 1.29 is 9.53 Å². The number of carbonyl (C=O) groups excluding carboxylic acids is 1. The molecule has 9 heteroatoms. The molecule has 1 aliphatic rings. The van der Waals surface area contributed by atoms with Gasteiger partial charge in [-0.25, -0.2) is 24.9 Å². The second-order valence-electron chi connectivity index (χ2n) is 11.0. The van der Waals surface area contributed by atoms with Crippen LogP contribution in [0.1, 0.15) is 49.9 Å². The lowest BCUT2D eigenvalue weighted by Crippen LogP contribution is -2.20. The number of imidazole rings is 1. The van der Waals surface area contributed by atoms with Crippen molar-refractivity contribution >= 4 is 39.4 Å². The highest BCUT2D eigenvalue weighted by molar-refractivity contribution is 5.91. The van der Waals surface area contributed by atoms with Crippen molar-refractivity contribution in [2.24, 2.45) is 18.9 Å². The number of hydrogen-bond donors (Lipinski definition) is 1. The number of allylic oxidation sites excluding steroid dienone is 1. The molecule has 1 aliphatic carbocycles. The summed E-state index contributed by atoms with van der Waals surface area (Å²) >= 11 is 0. The van der Waals surface area contributed by atoms with Gasteiger partial charge >= 0.3 is 0 Å². The van der Waals surface area contributed by atoms with Crippen LogP contribution in [0.4, 0.5) is 11.5 Å². The largest absolute Gasteiger partial charge is 0.457 e. The van der Waals surface area contributed by atoms with Crippen molar-refractivity contribution in [3.63, 3.8) is 0 Å². The number of aromatic nitrogens is 6. The van der Waals surface area contributed by atoms with E-state index in [2.05, 4.69) is 38.8 Å². The standard InChI is InChI=1S/C32H33N7O2/c1-5-28(40)24-8-6-7-21(13-19(24)2)31-33-16-26-30(38-31)32(35-17-34-26)37-22-9-12-29(20(3)14-22)41-23-10-11-27-25(15-23)36-18-39(27)4/h5,9-12,14-19,21,24H,1,6-8,13H2,2-4H3,(H,34,35,37)/t19-,21?,24?/m1/s1. The predicted molar refractivity (Wildman–Crippen MR) is 159 cm³/mol. The fourth-order valence-electron chi connectivity index (χ4n) is 5.85. The molecule has 2 aromatic carbocycles. The van der Waals surface area contributed by atoms with Crippen molar-refractivity contribution in [2.75, 3.05) is 5.32 Å². The van der Waals surface area contributed by atoms with Gasteiger partial charge in [0.05, 0.1) is 23.6 Å². The zero-order chi connectivity index (χ0) is 28.5. The maximum atomic E-state index is 12.4. The number of rotatable bonds is 7. The number of ether oxygens (including phenoxy) is 1. The second-order valence-corrected chi connectivity index (χ2v) is 11.0. The van der Waals surface area contributed by atoms with Gasteiger partial charge in [0.15, 0.2) is 11.6 Å². The number of anilines is 2. The number of nitrogens with zero attached hydrogens (tertiary/aromatic N) is 6. The van der Waals surface area contributed by atoms with Gasteiger partial charge in [0.25, 0.3) is 0 Å². The first-order chi connectivity index (χ1) is 19.9. The Hall–Kier alpha value is -4.66. The fourth-order valence-corrected chi connectivity index (χ4v) is 5.85. The summed E-state index contributed by atoms with van der Waals surface area (Å²) in [6, 6.07) is 11.8. The number of benzene rings is 2. The van der Waals surface area contributed by atoms with Crippen LogP contribution in [0, 0.1) is 18.8 Å². The zero-order valence-corrected chi connectivity index (χ0v) is 23.5. The van der Waals surface area contributed by atoms with E-state index in [1.54, 1.807) is 12.5 Å². The summed E-state index contributed by atoms with van der Waals surface area (Å²) in [5, 5.41) is 3.42. The molecule has 1 saturated carbocycles. The highest BCUT2D eigenvalue weighted by Gasteiger charge is 2.30. The van der Waals surface area contributed by atoms with Crippen LogP contribution < -0.4 is 10.1 Å². The molecule has 6 rings (SSSR count). The minimum Gasteiger partial charge on any atom is -0.457 e. The Balaban J connectivity index is 1.22. The molecule has 1 N–H and O–H groups in total. The third-order valence-corrected chi connectivity index (χ3v) is 8.10. The molecule has 3 heterocycles. The average Bonchev–Trinajstić information content (AvgIpc) is 3.23. The van der Waals surface area contributed by atoms with Crippen molar-refractivity contribution in [1.29, 1.82) is 0 Å². The summed E-state index contributed by atoms with van der Waals surface area (Å²) in [5.41, 5.74) is 5.13. The first-order valence-corrected chi connectivity index (χ1v) is 14.0. The summed E-state index contributed by atoms with van der Waals surface area (Å²) < 4.78 is 8.16. The molecule has 0 amide bonds. The molecule has 0 bridgehead atoms. The predicted octanol–water partition coefficient (Wildman–Crippen LogP) is 6.82. The molecule has 0 saturated heterocycles. The Bertz CT molecular complexity index is 1760. The summed E-state index contributed by atoms with van der Waals surface area (Å²) in [6.07, 6.45) is 10.2. The smallest absolute Gasteiger partial charge is 0.160 e. The molecule has 5 aromatic rings. The second kappa shape index (κ2) is 11.1. The van der Waals surface area contributed by atoms with Crippen LogP contribution in [0.15, 0.2) is 67.9 Å². The van der Waals surface area contributed by atoms with Gasteiger partial charge < -0.3 is 14.6 Å². The first-order valence-electron chi connectivity index (χ1n) is 14.0. The molecular weight excluding hydrogens is 514 g/mol. The number of hydrogen-bond acceptors (Lipinski definition) is 8. The van der Waals surface area contributed by atoms with E-state index in [1.165, 1.54) is 12.4 Å². The van der Waals surface area contributed by atoms with Gasteiger partial charge in [-0.1, -0.05) is 19.9 Å². The van der Waals surface area contributed by atoms with E-state index in [-0.39, 0.29) is 23.5 Å². The number of aryl methyl sites for hydroxylation is 2. The van der Waals surface area contributed by atoms with Gasteiger partial charge in [-0.3, -0.25) is 4.79 Å². The highest BCUT2D eigenvalue weighted by atomic mass is 16.5. The Morgan fingerprint density at radius 1 is 1.10 bits per heavy atom. The molecule has 41 heavy (non-hydrogen) atoms. The Morgan fingerprint density at radius 2 is 1.98 bits per heavy atom. The van der Waals surface area contributed by atoms with Crippen molar-refractivity contribution in [3.05, 3.63) is 79.3 Å². The Morgan fingerprint density at radius 3 is 2.80 bits per heavy atom. The van der Waals surface area contributed by atoms with E-state index in [0.717, 1.165) is 65.3 Å². The SMILES string of the molecule is C=CC(=O)C1CCCC(c2ncc3ncnc(Nc4ccc(Oc5ccc6c(c5)ncn6C)c(C)c4)c3n2)C[C@H]1C. The van der Waals surface area contributed by atoms with Crippen molar-refractivity contribution in [2.45, 2.75) is 45.4 Å². The molecule has 3 atom stereocenters. The average molecular weight is 548 g/mol. The molecule has 1 fully saturated rings. The number of carbonyl (C=O) groups is 1. The van der Waals surface area contributed by atoms with Gasteiger partial charge in [0.1, 0.15) is 34.7 Å². The Kier molecular flexibility index (Phi) is 7.17. The summed E-state index contributed by atoms with van der Waals surface area (Å²) in [7, 11) is 1.97. The molecule has 0 spiro atoms. The summed E-state index contributed by atoms with van der Waals surface area (Å²) in [5.74, 6) is 3.47. The van der Waals surface area contributed by atoms with Gasteiger partial charge in [-0.05, 0) is 74.1 Å². The third-order valence-electron chi connectivity index (χ3n) is 8.10. The fraction of sp³-hybridized carbons (Fsp3) is 0.312. The first kappa shape index (κ1) is 26.6. The van der Waals surface area contributed by atoms with Crippen LogP contribution in [-0.2, 0) is 11.8 Å². The van der Waals surface area contributed by atoms with Crippen molar-refractivity contribution in [3.8, 4) is 11.5 Å². The quantitative estimate of drug-likeness (QED) is 0.175. The van der Waals surface area contributed by atoms with E-state index in [9.17, 15) is 4.79 Å². The van der Waals surface area contributed by atoms with E-state index in [0.29, 0.717) is 16.9 Å². The lowest BCUT2D eigenvalue weighted by molar-refractivity contribution is -0.119. The lowest BCUT2D eigenvalue weighted by atomic mass is 9.84. The Labute approximate surface area is 238 Å². The van der Waals surface area contributed by atoms with Crippen LogP contribution in [0.3, 0.4) is 0 Å². The summed E-state index contributed by atoms with van der Waals surface area (Å²) in [6.45, 7) is 7.85. The van der Waals surface area contributed by atoms with E-state index in [4.69, 9.17) is 9.72 Å². The molecule has 0 radical (unpaired) electrons. The van der Waals surface area contributed by atoms with E-state index < -0.39 is 0 Å². The van der Waals surface area contributed by atoms with Gasteiger partial charge in [-0.15, -0.1) is 0 Å². The zero-order valence-electron chi connectivity index (χ0n) is 23.5. The number of fused-ring (bicyclic) bond motifs is 2. The monoisotopic (exact) mass is 547 g/mol. The third kappa shape index (κ3) is 5.39. The van der Waals surface area contributed by atoms with Crippen LogP contribution >= 0.6 is 0 Å². The molecule has 9 nitrogen and oxygen atoms in total. The normalized spacial score (nSPS) is 19.1. The van der Waals surface area contributed by atoms with Gasteiger partial charge in [0, 0.05) is 30.6 Å². The van der Waals surface area contributed by atoms with Crippen LogP contribution in [0.2, 0.25) is 0 Å². The molecular formula is C32H33N7O2. The number of nitrogens with one attached hydrogen (secondary N) is 1. The molecule has 2 unspecified atom stereocenters. The molecule has 3 aromatic heterocycles. The van der Waals surface area contributed by atoms with Crippen molar-refractivity contribution in [1.82, 2.24) is 29.5 Å².